The Morgan fingerprint density at radius 1 is 1.17 bits per heavy atom. The second-order valence-corrected chi connectivity index (χ2v) is 5.33. The topological polar surface area (TPSA) is 49.9 Å². The van der Waals surface area contributed by atoms with Crippen LogP contribution < -0.4 is 0 Å². The summed E-state index contributed by atoms with van der Waals surface area (Å²) in [6.45, 7) is 2.07. The predicted octanol–water partition coefficient (Wildman–Crippen LogP) is 0.492. The van der Waals surface area contributed by atoms with E-state index in [2.05, 4.69) is 0 Å². The first-order valence-electron chi connectivity index (χ1n) is 6.71. The molecule has 2 amide bonds. The van der Waals surface area contributed by atoms with Gasteiger partial charge < -0.3 is 14.5 Å². The third-order valence-corrected chi connectivity index (χ3v) is 3.80. The lowest BCUT2D eigenvalue weighted by Gasteiger charge is -2.33. The zero-order valence-electron chi connectivity index (χ0n) is 11.2. The Balaban J connectivity index is 1.82. The molecule has 2 saturated heterocycles. The molecule has 0 aliphatic carbocycles. The van der Waals surface area contributed by atoms with E-state index in [0.29, 0.717) is 19.7 Å². The molecule has 2 rings (SSSR count). The summed E-state index contributed by atoms with van der Waals surface area (Å²) in [5.74, 6) is 0.371. The Kier molecular flexibility index (Phi) is 4.22. The van der Waals surface area contributed by atoms with Crippen LogP contribution in [0.15, 0.2) is 0 Å². The molecule has 0 saturated carbocycles. The molecular formula is C13H22N2O3. The van der Waals surface area contributed by atoms with Crippen LogP contribution in [-0.4, -0.2) is 61.5 Å². The highest BCUT2D eigenvalue weighted by molar-refractivity contribution is 5.82. The number of carbonyl (C=O) groups is 2. The minimum Gasteiger partial charge on any atom is -0.368 e. The molecule has 0 N–H and O–H groups in total. The maximum atomic E-state index is 12.1. The summed E-state index contributed by atoms with van der Waals surface area (Å²) in [5, 5.41) is 0. The van der Waals surface area contributed by atoms with Crippen molar-refractivity contribution >= 4 is 11.8 Å². The molecular weight excluding hydrogens is 232 g/mol. The molecule has 102 valence electrons. The summed E-state index contributed by atoms with van der Waals surface area (Å²) >= 11 is 0. The predicted molar refractivity (Wildman–Crippen MR) is 67.0 cm³/mol. The molecule has 18 heavy (non-hydrogen) atoms. The van der Waals surface area contributed by atoms with Gasteiger partial charge in [-0.25, -0.2) is 0 Å². The van der Waals surface area contributed by atoms with Crippen molar-refractivity contribution in [2.45, 2.75) is 31.8 Å². The Morgan fingerprint density at radius 3 is 2.33 bits per heavy atom. The van der Waals surface area contributed by atoms with Gasteiger partial charge in [-0.2, -0.15) is 0 Å². The average molecular weight is 254 g/mol. The SMILES string of the molecule is CN(C)C(=O)C1CCN(C(=O)C2CCCO2)CC1. The van der Waals surface area contributed by atoms with Gasteiger partial charge >= 0.3 is 0 Å². The van der Waals surface area contributed by atoms with E-state index in [1.54, 1.807) is 19.0 Å². The molecule has 0 radical (unpaired) electrons. The van der Waals surface area contributed by atoms with Gasteiger partial charge in [0.25, 0.3) is 5.91 Å². The summed E-state index contributed by atoms with van der Waals surface area (Å²) in [6.07, 6.45) is 3.14. The summed E-state index contributed by atoms with van der Waals surface area (Å²) in [6, 6.07) is 0. The minimum atomic E-state index is -0.230. The number of piperidine rings is 1. The van der Waals surface area contributed by atoms with E-state index >= 15 is 0 Å². The Bertz CT molecular complexity index is 316. The van der Waals surface area contributed by atoms with E-state index in [-0.39, 0.29) is 23.8 Å². The Hall–Kier alpha value is -1.10. The van der Waals surface area contributed by atoms with Crippen LogP contribution in [0.25, 0.3) is 0 Å². The van der Waals surface area contributed by atoms with E-state index < -0.39 is 0 Å². The fourth-order valence-electron chi connectivity index (χ4n) is 2.69. The van der Waals surface area contributed by atoms with Crippen molar-refractivity contribution in [3.05, 3.63) is 0 Å². The van der Waals surface area contributed by atoms with Crippen LogP contribution in [0.5, 0.6) is 0 Å². The molecule has 0 bridgehead atoms. The van der Waals surface area contributed by atoms with Gasteiger partial charge in [0.1, 0.15) is 6.10 Å². The van der Waals surface area contributed by atoms with Crippen LogP contribution in [0.2, 0.25) is 0 Å². The molecule has 1 atom stereocenters. The van der Waals surface area contributed by atoms with Crippen molar-refractivity contribution in [1.29, 1.82) is 0 Å². The number of ether oxygens (including phenoxy) is 1. The zero-order valence-corrected chi connectivity index (χ0v) is 11.2. The number of amides is 2. The van der Waals surface area contributed by atoms with E-state index in [9.17, 15) is 9.59 Å². The highest BCUT2D eigenvalue weighted by Gasteiger charge is 2.32. The van der Waals surface area contributed by atoms with Gasteiger partial charge in [0.05, 0.1) is 0 Å². The fraction of sp³-hybridized carbons (Fsp3) is 0.846. The van der Waals surface area contributed by atoms with Gasteiger partial charge in [-0.1, -0.05) is 0 Å². The molecule has 2 aliphatic heterocycles. The van der Waals surface area contributed by atoms with Crippen molar-refractivity contribution < 1.29 is 14.3 Å². The number of nitrogens with zero attached hydrogens (tertiary/aromatic N) is 2. The Labute approximate surface area is 108 Å². The lowest BCUT2D eigenvalue weighted by atomic mass is 9.95. The van der Waals surface area contributed by atoms with Gasteiger partial charge in [0.15, 0.2) is 0 Å². The maximum Gasteiger partial charge on any atom is 0.251 e. The van der Waals surface area contributed by atoms with E-state index in [0.717, 1.165) is 25.7 Å². The Morgan fingerprint density at radius 2 is 1.83 bits per heavy atom. The summed E-state index contributed by atoms with van der Waals surface area (Å²) in [4.78, 5) is 27.4. The molecule has 2 fully saturated rings. The van der Waals surface area contributed by atoms with E-state index in [1.807, 2.05) is 4.90 Å². The van der Waals surface area contributed by atoms with E-state index in [4.69, 9.17) is 4.74 Å². The minimum absolute atomic E-state index is 0.0774. The van der Waals surface area contributed by atoms with Gasteiger partial charge in [-0.05, 0) is 25.7 Å². The molecule has 2 heterocycles. The maximum absolute atomic E-state index is 12.1. The summed E-state index contributed by atoms with van der Waals surface area (Å²) < 4.78 is 5.41. The highest BCUT2D eigenvalue weighted by Crippen LogP contribution is 2.22. The first-order valence-corrected chi connectivity index (χ1v) is 6.71. The summed E-state index contributed by atoms with van der Waals surface area (Å²) in [5.41, 5.74) is 0. The third-order valence-electron chi connectivity index (χ3n) is 3.80. The van der Waals surface area contributed by atoms with Gasteiger partial charge in [-0.3, -0.25) is 9.59 Å². The molecule has 0 spiro atoms. The molecule has 5 heteroatoms. The average Bonchev–Trinajstić information content (AvgIpc) is 2.91. The normalized spacial score (nSPS) is 25.2. The van der Waals surface area contributed by atoms with Crippen molar-refractivity contribution in [2.75, 3.05) is 33.8 Å². The molecule has 5 nitrogen and oxygen atoms in total. The first kappa shape index (κ1) is 13.3. The van der Waals surface area contributed by atoms with Gasteiger partial charge in [-0.15, -0.1) is 0 Å². The van der Waals surface area contributed by atoms with Crippen LogP contribution in [0.1, 0.15) is 25.7 Å². The summed E-state index contributed by atoms with van der Waals surface area (Å²) in [7, 11) is 3.57. The second kappa shape index (κ2) is 5.69. The standard InChI is InChI=1S/C13H22N2O3/c1-14(2)12(16)10-5-7-15(8-6-10)13(17)11-4-3-9-18-11/h10-11H,3-9H2,1-2H3. The van der Waals surface area contributed by atoms with Crippen LogP contribution in [-0.2, 0) is 14.3 Å². The van der Waals surface area contributed by atoms with Crippen molar-refractivity contribution in [1.82, 2.24) is 9.80 Å². The number of hydrogen-bond acceptors (Lipinski definition) is 3. The molecule has 1 unspecified atom stereocenters. The molecule has 0 aromatic heterocycles. The number of rotatable bonds is 2. The monoisotopic (exact) mass is 254 g/mol. The van der Waals surface area contributed by atoms with Crippen LogP contribution >= 0.6 is 0 Å². The van der Waals surface area contributed by atoms with E-state index in [1.165, 1.54) is 0 Å². The fourth-order valence-corrected chi connectivity index (χ4v) is 2.69. The van der Waals surface area contributed by atoms with Crippen molar-refractivity contribution in [3.63, 3.8) is 0 Å². The number of likely N-dealkylation sites (tertiary alicyclic amines) is 1. The molecule has 2 aliphatic rings. The second-order valence-electron chi connectivity index (χ2n) is 5.33. The quantitative estimate of drug-likeness (QED) is 0.720. The lowest BCUT2D eigenvalue weighted by molar-refractivity contribution is -0.145. The third kappa shape index (κ3) is 2.83. The largest absolute Gasteiger partial charge is 0.368 e. The van der Waals surface area contributed by atoms with Crippen LogP contribution in [0.4, 0.5) is 0 Å². The van der Waals surface area contributed by atoms with Crippen LogP contribution in [0, 0.1) is 5.92 Å². The van der Waals surface area contributed by atoms with Gasteiger partial charge in [0, 0.05) is 39.7 Å². The zero-order chi connectivity index (χ0) is 13.1. The number of carbonyl (C=O) groups excluding carboxylic acids is 2. The molecule has 0 aromatic rings. The first-order chi connectivity index (χ1) is 8.59. The van der Waals surface area contributed by atoms with Crippen LogP contribution in [0.3, 0.4) is 0 Å². The van der Waals surface area contributed by atoms with Crippen molar-refractivity contribution in [3.8, 4) is 0 Å². The smallest absolute Gasteiger partial charge is 0.251 e. The number of hydrogen-bond donors (Lipinski definition) is 0. The van der Waals surface area contributed by atoms with Crippen molar-refractivity contribution in [2.24, 2.45) is 5.92 Å². The lowest BCUT2D eigenvalue weighted by Crippen LogP contribution is -2.46. The van der Waals surface area contributed by atoms with Gasteiger partial charge in [0.2, 0.25) is 5.91 Å². The highest BCUT2D eigenvalue weighted by atomic mass is 16.5. The molecule has 0 aromatic carbocycles.